The largest absolute Gasteiger partial charge is 0.299 e. The second kappa shape index (κ2) is 10.4. The van der Waals surface area contributed by atoms with Gasteiger partial charge in [-0.1, -0.05) is 59.8 Å². The van der Waals surface area contributed by atoms with Crippen LogP contribution in [0.5, 0.6) is 0 Å². The number of carbonyl (C=O) groups is 1. The second-order valence-electron chi connectivity index (χ2n) is 6.52. The van der Waals surface area contributed by atoms with Gasteiger partial charge in [-0.25, -0.2) is 8.42 Å². The smallest absolute Gasteiger partial charge is 0.264 e. The predicted molar refractivity (Wildman–Crippen MR) is 127 cm³/mol. The number of thioether (sulfide) groups is 1. The van der Waals surface area contributed by atoms with Gasteiger partial charge in [-0.2, -0.15) is 0 Å². The number of sulfonamides is 1. The van der Waals surface area contributed by atoms with Gasteiger partial charge in [0.15, 0.2) is 4.34 Å². The minimum absolute atomic E-state index is 0.0436. The summed E-state index contributed by atoms with van der Waals surface area (Å²) in [6, 6.07) is 12.8. The number of halogens is 1. The number of nitrogens with one attached hydrogen (secondary N) is 1. The van der Waals surface area contributed by atoms with Gasteiger partial charge in [0.2, 0.25) is 11.0 Å². The van der Waals surface area contributed by atoms with Gasteiger partial charge in [0.25, 0.3) is 10.0 Å². The van der Waals surface area contributed by atoms with Crippen LogP contribution in [0.3, 0.4) is 0 Å². The van der Waals surface area contributed by atoms with E-state index >= 15 is 0 Å². The Bertz CT molecular complexity index is 1150. The van der Waals surface area contributed by atoms with Crippen LogP contribution in [0, 0.1) is 6.92 Å². The highest BCUT2D eigenvalue weighted by molar-refractivity contribution is 8.01. The van der Waals surface area contributed by atoms with E-state index in [1.165, 1.54) is 35.6 Å². The molecular formula is C20H21ClN4O3S3. The van der Waals surface area contributed by atoms with Crippen molar-refractivity contribution in [3.05, 3.63) is 59.1 Å². The number of nitrogens with zero attached hydrogens (tertiary/aromatic N) is 3. The highest BCUT2D eigenvalue weighted by Gasteiger charge is 2.28. The average molecular weight is 497 g/mol. The van der Waals surface area contributed by atoms with Crippen LogP contribution in [0.2, 0.25) is 5.02 Å². The molecule has 0 bridgehead atoms. The third kappa shape index (κ3) is 5.97. The molecule has 1 N–H and O–H groups in total. The molecule has 0 saturated heterocycles. The van der Waals surface area contributed by atoms with Crippen LogP contribution in [-0.2, 0) is 14.8 Å². The molecule has 3 aromatic rings. The normalized spacial score (nSPS) is 11.3. The van der Waals surface area contributed by atoms with Gasteiger partial charge in [-0.05, 0) is 49.2 Å². The fourth-order valence-corrected chi connectivity index (χ4v) is 5.98. The lowest BCUT2D eigenvalue weighted by molar-refractivity contribution is -0.114. The first-order chi connectivity index (χ1) is 14.8. The molecule has 0 atom stereocenters. The van der Waals surface area contributed by atoms with Crippen molar-refractivity contribution in [2.45, 2.75) is 29.5 Å². The van der Waals surface area contributed by atoms with E-state index in [1.807, 2.05) is 6.07 Å². The molecule has 0 saturated carbocycles. The number of hydrogen-bond acceptors (Lipinski definition) is 7. The van der Waals surface area contributed by atoms with Crippen molar-refractivity contribution >= 4 is 61.4 Å². The van der Waals surface area contributed by atoms with Gasteiger partial charge in [0.1, 0.15) is 6.54 Å². The highest BCUT2D eigenvalue weighted by atomic mass is 35.5. The van der Waals surface area contributed by atoms with Crippen LogP contribution in [-0.4, -0.2) is 36.8 Å². The SMILES string of the molecule is CCCSc1nnc(NC(=O)CN(c2ccccc2C)S(=O)(=O)c2ccc(Cl)cc2)s1. The minimum atomic E-state index is -4.01. The van der Waals surface area contributed by atoms with E-state index in [4.69, 9.17) is 11.6 Å². The lowest BCUT2D eigenvalue weighted by Gasteiger charge is -2.25. The summed E-state index contributed by atoms with van der Waals surface area (Å²) >= 11 is 8.72. The molecule has 11 heteroatoms. The number of amides is 1. The summed E-state index contributed by atoms with van der Waals surface area (Å²) in [6.07, 6.45) is 1.000. The molecule has 0 fully saturated rings. The summed E-state index contributed by atoms with van der Waals surface area (Å²) in [6.45, 7) is 3.45. The number of hydrogen-bond donors (Lipinski definition) is 1. The number of carbonyl (C=O) groups excluding carboxylic acids is 1. The van der Waals surface area contributed by atoms with Crippen LogP contribution in [0.4, 0.5) is 10.8 Å². The van der Waals surface area contributed by atoms with E-state index in [0.717, 1.165) is 26.4 Å². The first-order valence-electron chi connectivity index (χ1n) is 9.41. The zero-order valence-corrected chi connectivity index (χ0v) is 20.1. The first-order valence-corrected chi connectivity index (χ1v) is 13.0. The summed E-state index contributed by atoms with van der Waals surface area (Å²) in [5, 5.41) is 11.4. The number of para-hydroxylation sites is 1. The van der Waals surface area contributed by atoms with Gasteiger partial charge in [-0.15, -0.1) is 10.2 Å². The monoisotopic (exact) mass is 496 g/mol. The molecule has 0 radical (unpaired) electrons. The van der Waals surface area contributed by atoms with E-state index in [-0.39, 0.29) is 4.90 Å². The van der Waals surface area contributed by atoms with E-state index in [1.54, 1.807) is 36.9 Å². The van der Waals surface area contributed by atoms with Gasteiger partial charge < -0.3 is 0 Å². The lowest BCUT2D eigenvalue weighted by Crippen LogP contribution is -2.38. The van der Waals surface area contributed by atoms with Crippen molar-refractivity contribution in [1.29, 1.82) is 0 Å². The molecule has 31 heavy (non-hydrogen) atoms. The standard InChI is InChI=1S/C20H21ClN4O3S3/c1-3-12-29-20-24-23-19(30-20)22-18(26)13-25(17-7-5-4-6-14(17)2)31(27,28)16-10-8-15(21)9-11-16/h4-11H,3,12-13H2,1-2H3,(H,22,23,26). The number of aryl methyl sites for hydroxylation is 1. The molecule has 1 amide bonds. The number of anilines is 2. The zero-order valence-electron chi connectivity index (χ0n) is 16.9. The molecule has 0 spiro atoms. The molecule has 3 rings (SSSR count). The molecule has 0 aliphatic rings. The topological polar surface area (TPSA) is 92.3 Å². The summed E-state index contributed by atoms with van der Waals surface area (Å²) in [7, 11) is -4.01. The predicted octanol–water partition coefficient (Wildman–Crippen LogP) is 4.84. The van der Waals surface area contributed by atoms with E-state index in [0.29, 0.717) is 15.8 Å². The molecule has 0 aliphatic carbocycles. The number of aromatic nitrogens is 2. The molecule has 2 aromatic carbocycles. The molecule has 7 nitrogen and oxygen atoms in total. The lowest BCUT2D eigenvalue weighted by atomic mass is 10.2. The Hall–Kier alpha value is -2.14. The Balaban J connectivity index is 1.87. The fraction of sp³-hybridized carbons (Fsp3) is 0.250. The van der Waals surface area contributed by atoms with E-state index < -0.39 is 22.5 Å². The summed E-state index contributed by atoms with van der Waals surface area (Å²) in [4.78, 5) is 12.8. The second-order valence-corrected chi connectivity index (χ2v) is 11.1. The molecule has 0 unspecified atom stereocenters. The van der Waals surface area contributed by atoms with Crippen molar-refractivity contribution in [2.24, 2.45) is 0 Å². The Kier molecular flexibility index (Phi) is 7.93. The van der Waals surface area contributed by atoms with Gasteiger partial charge >= 0.3 is 0 Å². The Labute approximate surface area is 194 Å². The Morgan fingerprint density at radius 3 is 2.55 bits per heavy atom. The Morgan fingerprint density at radius 1 is 1.16 bits per heavy atom. The Morgan fingerprint density at radius 2 is 1.87 bits per heavy atom. The van der Waals surface area contributed by atoms with E-state index in [2.05, 4.69) is 22.4 Å². The zero-order chi connectivity index (χ0) is 22.4. The van der Waals surface area contributed by atoms with Crippen LogP contribution < -0.4 is 9.62 Å². The maximum Gasteiger partial charge on any atom is 0.264 e. The van der Waals surface area contributed by atoms with E-state index in [9.17, 15) is 13.2 Å². The van der Waals surface area contributed by atoms with Crippen molar-refractivity contribution in [3.63, 3.8) is 0 Å². The van der Waals surface area contributed by atoms with Crippen LogP contribution in [0.25, 0.3) is 0 Å². The molecule has 1 heterocycles. The third-order valence-electron chi connectivity index (χ3n) is 4.16. The summed E-state index contributed by atoms with van der Waals surface area (Å²) in [5.41, 5.74) is 1.14. The summed E-state index contributed by atoms with van der Waals surface area (Å²) < 4.78 is 28.6. The van der Waals surface area contributed by atoms with Crippen molar-refractivity contribution in [3.8, 4) is 0 Å². The van der Waals surface area contributed by atoms with Gasteiger partial charge in [0, 0.05) is 10.8 Å². The van der Waals surface area contributed by atoms with Crippen molar-refractivity contribution in [2.75, 3.05) is 21.9 Å². The van der Waals surface area contributed by atoms with Crippen LogP contribution >= 0.6 is 34.7 Å². The molecule has 164 valence electrons. The van der Waals surface area contributed by atoms with Crippen LogP contribution in [0.15, 0.2) is 57.8 Å². The van der Waals surface area contributed by atoms with Crippen LogP contribution in [0.1, 0.15) is 18.9 Å². The highest BCUT2D eigenvalue weighted by Crippen LogP contribution is 2.28. The fourth-order valence-electron chi connectivity index (χ4n) is 2.67. The minimum Gasteiger partial charge on any atom is -0.299 e. The quantitative estimate of drug-likeness (QED) is 0.336. The van der Waals surface area contributed by atoms with Gasteiger partial charge in [-0.3, -0.25) is 14.4 Å². The van der Waals surface area contributed by atoms with Gasteiger partial charge in [0.05, 0.1) is 10.6 Å². The number of benzene rings is 2. The number of rotatable bonds is 9. The molecule has 0 aliphatic heterocycles. The van der Waals surface area contributed by atoms with Crippen molar-refractivity contribution in [1.82, 2.24) is 10.2 Å². The maximum atomic E-state index is 13.4. The molecule has 1 aromatic heterocycles. The third-order valence-corrected chi connectivity index (χ3v) is 8.36. The molecular weight excluding hydrogens is 476 g/mol. The average Bonchev–Trinajstić information content (AvgIpc) is 3.18. The van der Waals surface area contributed by atoms with Crippen molar-refractivity contribution < 1.29 is 13.2 Å². The maximum absolute atomic E-state index is 13.4. The first kappa shape index (κ1) is 23.5. The summed E-state index contributed by atoms with van der Waals surface area (Å²) in [5.74, 6) is 0.396.